The molecule has 1 N–H and O–H groups in total. The minimum Gasteiger partial charge on any atom is -0.381 e. The zero-order valence-electron chi connectivity index (χ0n) is 10.9. The summed E-state index contributed by atoms with van der Waals surface area (Å²) in [7, 11) is 0. The molecule has 0 spiro atoms. The number of hydrogen-bond acceptors (Lipinski definition) is 2. The summed E-state index contributed by atoms with van der Waals surface area (Å²) in [6.45, 7) is 3.74. The first-order valence-electron chi connectivity index (χ1n) is 6.68. The Morgan fingerprint density at radius 1 is 1.28 bits per heavy atom. The summed E-state index contributed by atoms with van der Waals surface area (Å²) >= 11 is 0. The quantitative estimate of drug-likeness (QED) is 0.887. The van der Waals surface area contributed by atoms with Crippen LogP contribution in [0.15, 0.2) is 24.3 Å². The molecule has 98 valence electrons. The van der Waals surface area contributed by atoms with Gasteiger partial charge in [0.15, 0.2) is 0 Å². The molecule has 1 heterocycles. The van der Waals surface area contributed by atoms with Crippen LogP contribution < -0.4 is 5.32 Å². The summed E-state index contributed by atoms with van der Waals surface area (Å²) in [6.07, 6.45) is 3.77. The van der Waals surface area contributed by atoms with Crippen LogP contribution in [0, 0.1) is 12.8 Å². The van der Waals surface area contributed by atoms with Gasteiger partial charge in [-0.15, -0.1) is 0 Å². The van der Waals surface area contributed by atoms with Crippen molar-refractivity contribution in [3.05, 3.63) is 29.8 Å². The second-order valence-electron chi connectivity index (χ2n) is 5.01. The number of nitrogens with one attached hydrogen (secondary N) is 1. The Morgan fingerprint density at radius 2 is 1.94 bits per heavy atom. The number of benzene rings is 1. The lowest BCUT2D eigenvalue weighted by molar-refractivity contribution is -0.116. The molecule has 1 aliphatic heterocycles. The summed E-state index contributed by atoms with van der Waals surface area (Å²) < 4.78 is 5.31. The van der Waals surface area contributed by atoms with Gasteiger partial charge in [0, 0.05) is 25.3 Å². The Balaban J connectivity index is 1.73. The van der Waals surface area contributed by atoms with E-state index in [0.29, 0.717) is 12.3 Å². The number of carbonyl (C=O) groups excluding carboxylic acids is 1. The molecule has 0 bridgehead atoms. The van der Waals surface area contributed by atoms with Crippen LogP contribution >= 0.6 is 0 Å². The van der Waals surface area contributed by atoms with E-state index in [4.69, 9.17) is 4.74 Å². The van der Waals surface area contributed by atoms with Gasteiger partial charge in [-0.25, -0.2) is 0 Å². The molecule has 1 aromatic carbocycles. The Hall–Kier alpha value is -1.35. The van der Waals surface area contributed by atoms with Crippen LogP contribution in [-0.4, -0.2) is 19.1 Å². The van der Waals surface area contributed by atoms with Gasteiger partial charge in [0.2, 0.25) is 5.91 Å². The van der Waals surface area contributed by atoms with Gasteiger partial charge in [-0.2, -0.15) is 0 Å². The van der Waals surface area contributed by atoms with Crippen molar-refractivity contribution in [2.24, 2.45) is 5.92 Å². The van der Waals surface area contributed by atoms with Gasteiger partial charge in [-0.05, 0) is 44.2 Å². The van der Waals surface area contributed by atoms with E-state index in [-0.39, 0.29) is 5.91 Å². The Kier molecular flexibility index (Phi) is 4.76. The minimum atomic E-state index is 0.116. The maximum atomic E-state index is 11.8. The molecule has 1 saturated heterocycles. The van der Waals surface area contributed by atoms with Crippen molar-refractivity contribution in [3.63, 3.8) is 0 Å². The normalized spacial score (nSPS) is 16.5. The molecule has 1 fully saturated rings. The average Bonchev–Trinajstić information content (AvgIpc) is 2.40. The molecule has 1 aromatic rings. The molecule has 0 aromatic heterocycles. The van der Waals surface area contributed by atoms with Gasteiger partial charge in [-0.1, -0.05) is 17.7 Å². The van der Waals surface area contributed by atoms with Crippen LogP contribution in [0.25, 0.3) is 0 Å². The average molecular weight is 247 g/mol. The van der Waals surface area contributed by atoms with Crippen molar-refractivity contribution in [2.75, 3.05) is 18.5 Å². The van der Waals surface area contributed by atoms with E-state index in [1.54, 1.807) is 0 Å². The number of anilines is 1. The first-order chi connectivity index (χ1) is 8.74. The summed E-state index contributed by atoms with van der Waals surface area (Å²) in [5.41, 5.74) is 2.09. The summed E-state index contributed by atoms with van der Waals surface area (Å²) in [6, 6.07) is 7.91. The van der Waals surface area contributed by atoms with Gasteiger partial charge in [-0.3, -0.25) is 4.79 Å². The molecular weight excluding hydrogens is 226 g/mol. The number of amides is 1. The van der Waals surface area contributed by atoms with Crippen molar-refractivity contribution in [2.45, 2.75) is 32.6 Å². The van der Waals surface area contributed by atoms with Crippen molar-refractivity contribution >= 4 is 11.6 Å². The number of ether oxygens (including phenoxy) is 1. The van der Waals surface area contributed by atoms with E-state index in [2.05, 4.69) is 5.32 Å². The van der Waals surface area contributed by atoms with E-state index in [1.807, 2.05) is 31.2 Å². The van der Waals surface area contributed by atoms with Crippen LogP contribution in [0.5, 0.6) is 0 Å². The fourth-order valence-electron chi connectivity index (χ4n) is 2.23. The molecule has 1 amide bonds. The third-order valence-corrected chi connectivity index (χ3v) is 3.46. The second kappa shape index (κ2) is 6.55. The van der Waals surface area contributed by atoms with E-state index in [0.717, 1.165) is 38.2 Å². The zero-order valence-corrected chi connectivity index (χ0v) is 10.9. The number of carbonyl (C=O) groups is 1. The highest BCUT2D eigenvalue weighted by atomic mass is 16.5. The SMILES string of the molecule is Cc1ccc(NC(=O)CCC2CCOCC2)cc1. The second-order valence-corrected chi connectivity index (χ2v) is 5.01. The van der Waals surface area contributed by atoms with E-state index >= 15 is 0 Å². The fourth-order valence-corrected chi connectivity index (χ4v) is 2.23. The van der Waals surface area contributed by atoms with E-state index in [1.165, 1.54) is 5.56 Å². The highest BCUT2D eigenvalue weighted by Crippen LogP contribution is 2.20. The minimum absolute atomic E-state index is 0.116. The maximum absolute atomic E-state index is 11.8. The highest BCUT2D eigenvalue weighted by molar-refractivity contribution is 5.90. The van der Waals surface area contributed by atoms with Crippen LogP contribution in [0.3, 0.4) is 0 Å². The maximum Gasteiger partial charge on any atom is 0.224 e. The lowest BCUT2D eigenvalue weighted by atomic mass is 9.95. The number of hydrogen-bond donors (Lipinski definition) is 1. The predicted molar refractivity (Wildman–Crippen MR) is 72.6 cm³/mol. The molecule has 1 aliphatic rings. The van der Waals surface area contributed by atoms with E-state index in [9.17, 15) is 4.79 Å². The summed E-state index contributed by atoms with van der Waals surface area (Å²) in [4.78, 5) is 11.8. The Morgan fingerprint density at radius 3 is 2.61 bits per heavy atom. The van der Waals surface area contributed by atoms with Crippen molar-refractivity contribution in [3.8, 4) is 0 Å². The highest BCUT2D eigenvalue weighted by Gasteiger charge is 2.15. The largest absolute Gasteiger partial charge is 0.381 e. The lowest BCUT2D eigenvalue weighted by Gasteiger charge is -2.21. The predicted octanol–water partition coefficient (Wildman–Crippen LogP) is 3.14. The first kappa shape index (κ1) is 13.1. The van der Waals surface area contributed by atoms with Crippen molar-refractivity contribution in [1.29, 1.82) is 0 Å². The van der Waals surface area contributed by atoms with Gasteiger partial charge in [0.25, 0.3) is 0 Å². The topological polar surface area (TPSA) is 38.3 Å². The third-order valence-electron chi connectivity index (χ3n) is 3.46. The molecule has 0 saturated carbocycles. The molecule has 0 atom stereocenters. The summed E-state index contributed by atoms with van der Waals surface area (Å²) in [5, 5.41) is 2.94. The Bertz CT molecular complexity index is 380. The number of rotatable bonds is 4. The van der Waals surface area contributed by atoms with Crippen molar-refractivity contribution in [1.82, 2.24) is 0 Å². The van der Waals surface area contributed by atoms with Crippen LogP contribution in [0.4, 0.5) is 5.69 Å². The lowest BCUT2D eigenvalue weighted by Crippen LogP contribution is -2.18. The molecule has 2 rings (SSSR count). The number of aryl methyl sites for hydroxylation is 1. The molecule has 18 heavy (non-hydrogen) atoms. The molecule has 0 aliphatic carbocycles. The summed E-state index contributed by atoms with van der Waals surface area (Å²) in [5.74, 6) is 0.771. The monoisotopic (exact) mass is 247 g/mol. The van der Waals surface area contributed by atoms with Gasteiger partial charge in [0.05, 0.1) is 0 Å². The fraction of sp³-hybridized carbons (Fsp3) is 0.533. The molecule has 3 nitrogen and oxygen atoms in total. The molecule has 3 heteroatoms. The molecular formula is C15H21NO2. The smallest absolute Gasteiger partial charge is 0.224 e. The third kappa shape index (κ3) is 4.15. The van der Waals surface area contributed by atoms with Gasteiger partial charge < -0.3 is 10.1 Å². The van der Waals surface area contributed by atoms with Crippen LogP contribution in [0.1, 0.15) is 31.2 Å². The Labute approximate surface area is 109 Å². The standard InChI is InChI=1S/C15H21NO2/c1-12-2-5-14(6-3-12)16-15(17)7-4-13-8-10-18-11-9-13/h2-3,5-6,13H,4,7-11H2,1H3,(H,16,17). The van der Waals surface area contributed by atoms with Gasteiger partial charge in [0.1, 0.15) is 0 Å². The van der Waals surface area contributed by atoms with Gasteiger partial charge >= 0.3 is 0 Å². The van der Waals surface area contributed by atoms with Crippen LogP contribution in [0.2, 0.25) is 0 Å². The zero-order chi connectivity index (χ0) is 12.8. The molecule has 0 radical (unpaired) electrons. The van der Waals surface area contributed by atoms with Crippen molar-refractivity contribution < 1.29 is 9.53 Å². The van der Waals surface area contributed by atoms with E-state index < -0.39 is 0 Å². The van der Waals surface area contributed by atoms with Crippen LogP contribution in [-0.2, 0) is 9.53 Å². The molecule has 0 unspecified atom stereocenters. The first-order valence-corrected chi connectivity index (χ1v) is 6.68.